The predicted molar refractivity (Wildman–Crippen MR) is 65.4 cm³/mol. The van der Waals surface area contributed by atoms with Crippen molar-refractivity contribution in [2.45, 2.75) is 20.3 Å². The molecule has 17 heavy (non-hydrogen) atoms. The Hall–Kier alpha value is -1.42. The average Bonchev–Trinajstić information content (AvgIpc) is 2.72. The number of rotatable bonds is 2. The largest absolute Gasteiger partial charge is 0.323 e. The second kappa shape index (κ2) is 4.45. The molecule has 1 amide bonds. The van der Waals surface area contributed by atoms with Gasteiger partial charge in [0.25, 0.3) is 0 Å². The van der Waals surface area contributed by atoms with Crippen molar-refractivity contribution < 1.29 is 9.18 Å². The average molecular weight is 236 g/mol. The molecule has 0 radical (unpaired) electrons. The maximum atomic E-state index is 13.6. The first-order chi connectivity index (χ1) is 8.03. The van der Waals surface area contributed by atoms with Crippen molar-refractivity contribution in [2.24, 2.45) is 5.41 Å². The first-order valence-corrected chi connectivity index (χ1v) is 5.80. The number of anilines is 1. The molecule has 3 nitrogen and oxygen atoms in total. The van der Waals surface area contributed by atoms with E-state index in [1.165, 1.54) is 6.07 Å². The molecule has 0 aliphatic carbocycles. The molecule has 2 N–H and O–H groups in total. The van der Waals surface area contributed by atoms with Gasteiger partial charge in [-0.3, -0.25) is 4.79 Å². The van der Waals surface area contributed by atoms with Crippen LogP contribution in [0.1, 0.15) is 18.9 Å². The van der Waals surface area contributed by atoms with E-state index in [1.807, 2.05) is 6.92 Å². The minimum absolute atomic E-state index is 0.115. The van der Waals surface area contributed by atoms with Crippen LogP contribution in [0.3, 0.4) is 0 Å². The van der Waals surface area contributed by atoms with Crippen LogP contribution in [0.5, 0.6) is 0 Å². The Balaban J connectivity index is 2.18. The Bertz CT molecular complexity index is 419. The highest BCUT2D eigenvalue weighted by atomic mass is 19.1. The standard InChI is InChI=1S/C13H17FN2O/c1-9-4-3-5-10(14)11(9)16-12(17)13(2)6-7-15-8-13/h3-5,15H,6-8H2,1-2H3,(H,16,17). The highest BCUT2D eigenvalue weighted by Gasteiger charge is 2.36. The molecular weight excluding hydrogens is 219 g/mol. The van der Waals surface area contributed by atoms with Crippen LogP contribution in [0.25, 0.3) is 0 Å². The Morgan fingerprint density at radius 1 is 1.53 bits per heavy atom. The van der Waals surface area contributed by atoms with E-state index in [2.05, 4.69) is 10.6 Å². The summed E-state index contributed by atoms with van der Waals surface area (Å²) in [5, 5.41) is 5.86. The Morgan fingerprint density at radius 3 is 2.88 bits per heavy atom. The summed E-state index contributed by atoms with van der Waals surface area (Å²) >= 11 is 0. The molecule has 1 aliphatic heterocycles. The third-order valence-electron chi connectivity index (χ3n) is 3.38. The van der Waals surface area contributed by atoms with Gasteiger partial charge in [-0.2, -0.15) is 0 Å². The third-order valence-corrected chi connectivity index (χ3v) is 3.38. The van der Waals surface area contributed by atoms with E-state index in [4.69, 9.17) is 0 Å². The molecule has 0 bridgehead atoms. The maximum absolute atomic E-state index is 13.6. The van der Waals surface area contributed by atoms with Crippen molar-refractivity contribution in [3.05, 3.63) is 29.6 Å². The number of aryl methyl sites for hydroxylation is 1. The highest BCUT2D eigenvalue weighted by Crippen LogP contribution is 2.28. The van der Waals surface area contributed by atoms with Gasteiger partial charge < -0.3 is 10.6 Å². The van der Waals surface area contributed by atoms with Gasteiger partial charge in [-0.25, -0.2) is 4.39 Å². The number of carbonyl (C=O) groups excluding carboxylic acids is 1. The van der Waals surface area contributed by atoms with Gasteiger partial charge in [-0.1, -0.05) is 12.1 Å². The van der Waals surface area contributed by atoms with Gasteiger partial charge in [0.1, 0.15) is 5.82 Å². The molecule has 4 heteroatoms. The summed E-state index contributed by atoms with van der Waals surface area (Å²) in [5.41, 5.74) is 0.605. The minimum Gasteiger partial charge on any atom is -0.323 e. The number of nitrogens with one attached hydrogen (secondary N) is 2. The summed E-state index contributed by atoms with van der Waals surface area (Å²) in [6.07, 6.45) is 0.784. The molecule has 1 saturated heterocycles. The Labute approximate surface area is 100 Å². The van der Waals surface area contributed by atoms with E-state index >= 15 is 0 Å². The minimum atomic E-state index is -0.436. The summed E-state index contributed by atoms with van der Waals surface area (Å²) in [4.78, 5) is 12.1. The van der Waals surface area contributed by atoms with E-state index in [9.17, 15) is 9.18 Å². The fourth-order valence-corrected chi connectivity index (χ4v) is 2.07. The van der Waals surface area contributed by atoms with Crippen molar-refractivity contribution in [2.75, 3.05) is 18.4 Å². The summed E-state index contributed by atoms with van der Waals surface area (Å²) in [6, 6.07) is 4.78. The quantitative estimate of drug-likeness (QED) is 0.825. The van der Waals surface area contributed by atoms with Crippen LogP contribution >= 0.6 is 0 Å². The summed E-state index contributed by atoms with van der Waals surface area (Å²) in [5.74, 6) is -0.497. The number of halogens is 1. The number of carbonyl (C=O) groups is 1. The second-order valence-corrected chi connectivity index (χ2v) is 4.87. The lowest BCUT2D eigenvalue weighted by molar-refractivity contribution is -0.123. The van der Waals surface area contributed by atoms with Gasteiger partial charge in [0, 0.05) is 6.54 Å². The first kappa shape index (κ1) is 12.0. The number of hydrogen-bond acceptors (Lipinski definition) is 2. The molecule has 92 valence electrons. The monoisotopic (exact) mass is 236 g/mol. The molecule has 0 aromatic heterocycles. The van der Waals surface area contributed by atoms with Gasteiger partial charge in [0.05, 0.1) is 11.1 Å². The molecule has 1 aromatic rings. The van der Waals surface area contributed by atoms with Gasteiger partial charge in [0.15, 0.2) is 0 Å². The van der Waals surface area contributed by atoms with Crippen molar-refractivity contribution in [3.63, 3.8) is 0 Å². The van der Waals surface area contributed by atoms with Gasteiger partial charge >= 0.3 is 0 Å². The second-order valence-electron chi connectivity index (χ2n) is 4.87. The lowest BCUT2D eigenvalue weighted by Crippen LogP contribution is -2.35. The van der Waals surface area contributed by atoms with Gasteiger partial charge in [-0.15, -0.1) is 0 Å². The van der Waals surface area contributed by atoms with E-state index in [0.717, 1.165) is 18.5 Å². The Morgan fingerprint density at radius 2 is 2.29 bits per heavy atom. The SMILES string of the molecule is Cc1cccc(F)c1NC(=O)C1(C)CCNC1. The number of hydrogen-bond donors (Lipinski definition) is 2. The maximum Gasteiger partial charge on any atom is 0.231 e. The molecule has 0 saturated carbocycles. The summed E-state index contributed by atoms with van der Waals surface area (Å²) < 4.78 is 13.6. The molecule has 2 rings (SSSR count). The van der Waals surface area contributed by atoms with Crippen molar-refractivity contribution in [1.82, 2.24) is 5.32 Å². The zero-order chi connectivity index (χ0) is 12.5. The van der Waals surface area contributed by atoms with E-state index in [1.54, 1.807) is 19.1 Å². The van der Waals surface area contributed by atoms with Crippen LogP contribution in [0.2, 0.25) is 0 Å². The number of benzene rings is 1. The van der Waals surface area contributed by atoms with Crippen LogP contribution in [0.4, 0.5) is 10.1 Å². The van der Waals surface area contributed by atoms with E-state index in [-0.39, 0.29) is 11.7 Å². The van der Waals surface area contributed by atoms with Crippen LogP contribution < -0.4 is 10.6 Å². The van der Waals surface area contributed by atoms with Crippen molar-refractivity contribution in [3.8, 4) is 0 Å². The van der Waals surface area contributed by atoms with Crippen LogP contribution in [-0.2, 0) is 4.79 Å². The molecule has 1 heterocycles. The van der Waals surface area contributed by atoms with E-state index < -0.39 is 5.41 Å². The molecule has 1 unspecified atom stereocenters. The molecule has 1 atom stereocenters. The molecule has 0 spiro atoms. The van der Waals surface area contributed by atoms with E-state index in [0.29, 0.717) is 12.2 Å². The van der Waals surface area contributed by atoms with Gasteiger partial charge in [-0.05, 0) is 38.4 Å². The fourth-order valence-electron chi connectivity index (χ4n) is 2.07. The first-order valence-electron chi connectivity index (χ1n) is 5.80. The number of amides is 1. The van der Waals surface area contributed by atoms with Crippen molar-refractivity contribution >= 4 is 11.6 Å². The lowest BCUT2D eigenvalue weighted by atomic mass is 9.88. The summed E-state index contributed by atoms with van der Waals surface area (Å²) in [7, 11) is 0. The zero-order valence-electron chi connectivity index (χ0n) is 10.1. The number of para-hydroxylation sites is 1. The zero-order valence-corrected chi connectivity index (χ0v) is 10.1. The normalized spacial score (nSPS) is 23.7. The molecule has 1 aromatic carbocycles. The molecule has 1 aliphatic rings. The lowest BCUT2D eigenvalue weighted by Gasteiger charge is -2.22. The smallest absolute Gasteiger partial charge is 0.231 e. The summed E-state index contributed by atoms with van der Waals surface area (Å²) in [6.45, 7) is 5.17. The van der Waals surface area contributed by atoms with Crippen LogP contribution in [-0.4, -0.2) is 19.0 Å². The van der Waals surface area contributed by atoms with Gasteiger partial charge in [0.2, 0.25) is 5.91 Å². The van der Waals surface area contributed by atoms with Crippen LogP contribution in [0, 0.1) is 18.2 Å². The van der Waals surface area contributed by atoms with Crippen LogP contribution in [0.15, 0.2) is 18.2 Å². The molecular formula is C13H17FN2O. The topological polar surface area (TPSA) is 41.1 Å². The molecule has 1 fully saturated rings. The Kier molecular flexibility index (Phi) is 3.15. The highest BCUT2D eigenvalue weighted by molar-refractivity contribution is 5.96. The predicted octanol–water partition coefficient (Wildman–Crippen LogP) is 2.07. The fraction of sp³-hybridized carbons (Fsp3) is 0.462. The third kappa shape index (κ3) is 2.31. The van der Waals surface area contributed by atoms with Crippen molar-refractivity contribution in [1.29, 1.82) is 0 Å².